The van der Waals surface area contributed by atoms with E-state index in [2.05, 4.69) is 25.9 Å². The molecule has 0 atom stereocenters. The summed E-state index contributed by atoms with van der Waals surface area (Å²) in [4.78, 5) is 20.9. The van der Waals surface area contributed by atoms with Crippen molar-refractivity contribution < 1.29 is 9.18 Å². The highest BCUT2D eigenvalue weighted by atomic mass is 35.5. The number of anilines is 3. The summed E-state index contributed by atoms with van der Waals surface area (Å²) in [5.41, 5.74) is 3.79. The van der Waals surface area contributed by atoms with Crippen LogP contribution < -0.4 is 16.0 Å². The number of carbonyl (C=O) groups excluding carboxylic acids is 1. The van der Waals surface area contributed by atoms with Gasteiger partial charge in [0, 0.05) is 37.0 Å². The van der Waals surface area contributed by atoms with Crippen LogP contribution in [0.2, 0.25) is 5.02 Å². The second-order valence-electron chi connectivity index (χ2n) is 7.23. The summed E-state index contributed by atoms with van der Waals surface area (Å²) in [7, 11) is 0. The molecule has 2 aromatic carbocycles. The second kappa shape index (κ2) is 10.7. The van der Waals surface area contributed by atoms with Gasteiger partial charge in [0.25, 0.3) is 0 Å². The van der Waals surface area contributed by atoms with Gasteiger partial charge in [0.2, 0.25) is 11.9 Å². The summed E-state index contributed by atoms with van der Waals surface area (Å²) in [6, 6.07) is 14.4. The number of carbonyl (C=O) groups is 1. The number of rotatable bonds is 9. The Bertz CT molecular complexity index is 1040. The molecule has 0 fully saturated rings. The summed E-state index contributed by atoms with van der Waals surface area (Å²) in [5, 5.41) is 9.30. The van der Waals surface area contributed by atoms with Crippen molar-refractivity contribution in [1.82, 2.24) is 15.3 Å². The third-order valence-corrected chi connectivity index (χ3v) is 4.82. The van der Waals surface area contributed by atoms with E-state index < -0.39 is 5.82 Å². The molecule has 31 heavy (non-hydrogen) atoms. The molecule has 0 aliphatic rings. The molecule has 3 N–H and O–H groups in total. The monoisotopic (exact) mass is 441 g/mol. The van der Waals surface area contributed by atoms with Gasteiger partial charge < -0.3 is 16.0 Å². The average Bonchev–Trinajstić information content (AvgIpc) is 2.73. The Morgan fingerprint density at radius 2 is 1.81 bits per heavy atom. The summed E-state index contributed by atoms with van der Waals surface area (Å²) in [6.07, 6.45) is 0.793. The van der Waals surface area contributed by atoms with Gasteiger partial charge in [0.05, 0.1) is 5.02 Å². The van der Waals surface area contributed by atoms with Crippen molar-refractivity contribution in [3.05, 3.63) is 76.2 Å². The molecule has 6 nitrogen and oxygen atoms in total. The Morgan fingerprint density at radius 1 is 1.03 bits per heavy atom. The van der Waals surface area contributed by atoms with E-state index in [0.717, 1.165) is 16.9 Å². The zero-order chi connectivity index (χ0) is 22.2. The number of benzene rings is 2. The Kier molecular flexibility index (Phi) is 7.78. The lowest BCUT2D eigenvalue weighted by Crippen LogP contribution is -2.29. The zero-order valence-corrected chi connectivity index (χ0v) is 18.3. The van der Waals surface area contributed by atoms with Gasteiger partial charge in [-0.2, -0.15) is 4.98 Å². The molecule has 0 radical (unpaired) electrons. The predicted octanol–water partition coefficient (Wildman–Crippen LogP) is 4.79. The Labute approximate surface area is 186 Å². The van der Waals surface area contributed by atoms with Crippen LogP contribution in [0.3, 0.4) is 0 Å². The first-order valence-electron chi connectivity index (χ1n) is 10.0. The summed E-state index contributed by atoms with van der Waals surface area (Å²) in [5.74, 6) is 0.635. The molecule has 0 saturated heterocycles. The van der Waals surface area contributed by atoms with Crippen molar-refractivity contribution in [3.63, 3.8) is 0 Å². The van der Waals surface area contributed by atoms with Crippen LogP contribution in [0, 0.1) is 19.7 Å². The van der Waals surface area contributed by atoms with Crippen molar-refractivity contribution in [1.29, 1.82) is 0 Å². The largest absolute Gasteiger partial charge is 0.354 e. The van der Waals surface area contributed by atoms with Crippen LogP contribution in [-0.2, 0) is 11.2 Å². The molecule has 0 bridgehead atoms. The summed E-state index contributed by atoms with van der Waals surface area (Å²) in [6.45, 7) is 4.86. The fraction of sp³-hybridized carbons (Fsp3) is 0.261. The van der Waals surface area contributed by atoms with E-state index >= 15 is 0 Å². The molecule has 1 aromatic heterocycles. The number of hydrogen-bond acceptors (Lipinski definition) is 5. The van der Waals surface area contributed by atoms with Crippen LogP contribution in [0.4, 0.5) is 21.8 Å². The van der Waals surface area contributed by atoms with Gasteiger partial charge in [0.15, 0.2) is 0 Å². The minimum absolute atomic E-state index is 0.0662. The highest BCUT2D eigenvalue weighted by Crippen LogP contribution is 2.18. The minimum atomic E-state index is -0.462. The maximum Gasteiger partial charge on any atom is 0.224 e. The SMILES string of the molecule is Cc1ccc(Nc2cc(C)nc(NCCNC(=O)CCc3ccc(F)c(Cl)c3)n2)cc1. The number of aryl methyl sites for hydroxylation is 3. The number of nitrogens with zero attached hydrogens (tertiary/aromatic N) is 2. The molecule has 162 valence electrons. The van der Waals surface area contributed by atoms with Gasteiger partial charge in [-0.15, -0.1) is 0 Å². The van der Waals surface area contributed by atoms with Crippen molar-refractivity contribution in [2.24, 2.45) is 0 Å². The van der Waals surface area contributed by atoms with E-state index in [4.69, 9.17) is 11.6 Å². The standard InChI is InChI=1S/C23H25ClFN5O/c1-15-3-7-18(8-4-15)29-21-13-16(2)28-23(30-21)27-12-11-26-22(31)10-6-17-5-9-20(25)19(24)14-17/h3-5,7-9,13-14H,6,10-12H2,1-2H3,(H,26,31)(H2,27,28,29,30). The Hall–Kier alpha value is -3.19. The van der Waals surface area contributed by atoms with Gasteiger partial charge in [-0.05, 0) is 50.1 Å². The smallest absolute Gasteiger partial charge is 0.224 e. The van der Waals surface area contributed by atoms with Gasteiger partial charge in [0.1, 0.15) is 11.6 Å². The lowest BCUT2D eigenvalue weighted by atomic mass is 10.1. The topological polar surface area (TPSA) is 78.9 Å². The molecular weight excluding hydrogens is 417 g/mol. The van der Waals surface area contributed by atoms with Gasteiger partial charge in [-0.25, -0.2) is 9.37 Å². The maximum atomic E-state index is 13.2. The zero-order valence-electron chi connectivity index (χ0n) is 17.5. The molecule has 0 saturated carbocycles. The van der Waals surface area contributed by atoms with Crippen LogP contribution in [0.15, 0.2) is 48.5 Å². The number of nitrogens with one attached hydrogen (secondary N) is 3. The summed E-state index contributed by atoms with van der Waals surface area (Å²) >= 11 is 5.76. The van der Waals surface area contributed by atoms with E-state index in [1.165, 1.54) is 11.6 Å². The molecule has 0 aliphatic carbocycles. The molecule has 3 rings (SSSR count). The Balaban J connectivity index is 1.43. The molecule has 3 aromatic rings. The van der Waals surface area contributed by atoms with Gasteiger partial charge >= 0.3 is 0 Å². The molecule has 0 aliphatic heterocycles. The number of aromatic nitrogens is 2. The minimum Gasteiger partial charge on any atom is -0.354 e. The maximum absolute atomic E-state index is 13.2. The van der Waals surface area contributed by atoms with Crippen LogP contribution in [0.25, 0.3) is 0 Å². The van der Waals surface area contributed by atoms with E-state index in [1.807, 2.05) is 44.2 Å². The summed E-state index contributed by atoms with van der Waals surface area (Å²) < 4.78 is 13.2. The van der Waals surface area contributed by atoms with Crippen LogP contribution in [-0.4, -0.2) is 29.0 Å². The number of hydrogen-bond donors (Lipinski definition) is 3. The first-order valence-corrected chi connectivity index (χ1v) is 10.4. The molecule has 0 unspecified atom stereocenters. The second-order valence-corrected chi connectivity index (χ2v) is 7.64. The van der Waals surface area contributed by atoms with E-state index in [1.54, 1.807) is 12.1 Å². The lowest BCUT2D eigenvalue weighted by molar-refractivity contribution is -0.120. The fourth-order valence-electron chi connectivity index (χ4n) is 2.91. The predicted molar refractivity (Wildman–Crippen MR) is 122 cm³/mol. The first kappa shape index (κ1) is 22.5. The van der Waals surface area contributed by atoms with Gasteiger partial charge in [-0.1, -0.05) is 35.4 Å². The molecule has 1 amide bonds. The lowest BCUT2D eigenvalue weighted by Gasteiger charge is -2.11. The van der Waals surface area contributed by atoms with Crippen LogP contribution in [0.5, 0.6) is 0 Å². The van der Waals surface area contributed by atoms with E-state index in [0.29, 0.717) is 37.7 Å². The van der Waals surface area contributed by atoms with Crippen LogP contribution >= 0.6 is 11.6 Å². The Morgan fingerprint density at radius 3 is 2.55 bits per heavy atom. The molecule has 8 heteroatoms. The normalized spacial score (nSPS) is 10.6. The van der Waals surface area contributed by atoms with Crippen LogP contribution in [0.1, 0.15) is 23.2 Å². The van der Waals surface area contributed by atoms with Crippen molar-refractivity contribution >= 4 is 35.0 Å². The van der Waals surface area contributed by atoms with E-state index in [9.17, 15) is 9.18 Å². The first-order chi connectivity index (χ1) is 14.9. The number of halogens is 2. The molecular formula is C23H25ClFN5O. The molecule has 0 spiro atoms. The van der Waals surface area contributed by atoms with Crippen molar-refractivity contribution in [3.8, 4) is 0 Å². The highest BCUT2D eigenvalue weighted by molar-refractivity contribution is 6.30. The third-order valence-electron chi connectivity index (χ3n) is 4.53. The molecule has 1 heterocycles. The average molecular weight is 442 g/mol. The third kappa shape index (κ3) is 7.22. The quantitative estimate of drug-likeness (QED) is 0.416. The fourth-order valence-corrected chi connectivity index (χ4v) is 3.12. The number of amides is 1. The highest BCUT2D eigenvalue weighted by Gasteiger charge is 2.06. The van der Waals surface area contributed by atoms with E-state index in [-0.39, 0.29) is 10.9 Å². The van der Waals surface area contributed by atoms with Gasteiger partial charge in [-0.3, -0.25) is 4.79 Å². The van der Waals surface area contributed by atoms with Crippen molar-refractivity contribution in [2.45, 2.75) is 26.7 Å². The van der Waals surface area contributed by atoms with Crippen molar-refractivity contribution in [2.75, 3.05) is 23.7 Å².